The minimum Gasteiger partial charge on any atom is -0.290 e. The second kappa shape index (κ2) is 3.55. The van der Waals surface area contributed by atoms with Crippen molar-refractivity contribution in [1.82, 2.24) is 14.8 Å². The Hall–Kier alpha value is -1.40. The summed E-state index contributed by atoms with van der Waals surface area (Å²) in [5, 5.41) is 3.79. The van der Waals surface area contributed by atoms with E-state index in [1.165, 1.54) is 0 Å². The molecule has 0 unspecified atom stereocenters. The zero-order chi connectivity index (χ0) is 13.1. The molecule has 1 saturated carbocycles. The Morgan fingerprint density at radius 2 is 2.11 bits per heavy atom. The van der Waals surface area contributed by atoms with E-state index in [1.807, 2.05) is 0 Å². The Bertz CT molecular complexity index is 504. The molecule has 18 heavy (non-hydrogen) atoms. The number of rotatable bonds is 3. The van der Waals surface area contributed by atoms with Gasteiger partial charge in [0.05, 0.1) is 0 Å². The van der Waals surface area contributed by atoms with Gasteiger partial charge in [-0.05, 0) is 12.8 Å². The van der Waals surface area contributed by atoms with Crippen LogP contribution in [-0.2, 0) is 0 Å². The maximum atomic E-state index is 13.6. The summed E-state index contributed by atoms with van der Waals surface area (Å²) in [6, 6.07) is -1.35. The number of carbonyl (C=O) groups excluding carboxylic acids is 1. The molecule has 0 radical (unpaired) electrons. The van der Waals surface area contributed by atoms with Gasteiger partial charge in [-0.25, -0.2) is 22.8 Å². The van der Waals surface area contributed by atoms with Gasteiger partial charge in [-0.2, -0.15) is 0 Å². The maximum absolute atomic E-state index is 13.6. The standard InChI is InChI=1S/C11H12F3N3O/c1-11(13,14)7-4-6(12)10-15-9(16-17(7)10)8(18)5-2-3-5/h5-7H,2-4H2,1H3/t6-,7-/m0/s1. The van der Waals surface area contributed by atoms with Gasteiger partial charge < -0.3 is 0 Å². The van der Waals surface area contributed by atoms with Crippen LogP contribution in [0.2, 0.25) is 0 Å². The number of alkyl halides is 3. The van der Waals surface area contributed by atoms with Crippen LogP contribution < -0.4 is 0 Å². The lowest BCUT2D eigenvalue weighted by molar-refractivity contribution is -0.0372. The quantitative estimate of drug-likeness (QED) is 0.783. The van der Waals surface area contributed by atoms with E-state index in [2.05, 4.69) is 10.1 Å². The Morgan fingerprint density at radius 1 is 1.44 bits per heavy atom. The first-order valence-corrected chi connectivity index (χ1v) is 5.90. The fourth-order valence-corrected chi connectivity index (χ4v) is 2.23. The van der Waals surface area contributed by atoms with Crippen LogP contribution >= 0.6 is 0 Å². The molecule has 0 aromatic carbocycles. The predicted octanol–water partition coefficient (Wildman–Crippen LogP) is 2.48. The molecule has 2 heterocycles. The average molecular weight is 259 g/mol. The molecule has 1 aromatic rings. The molecule has 1 fully saturated rings. The van der Waals surface area contributed by atoms with Crippen molar-refractivity contribution < 1.29 is 18.0 Å². The van der Waals surface area contributed by atoms with Gasteiger partial charge in [-0.3, -0.25) is 4.79 Å². The Kier molecular flexibility index (Phi) is 2.30. The van der Waals surface area contributed by atoms with Gasteiger partial charge in [0.2, 0.25) is 11.6 Å². The third-order valence-corrected chi connectivity index (χ3v) is 3.42. The molecule has 0 saturated heterocycles. The Balaban J connectivity index is 1.96. The normalized spacial score (nSPS) is 27.3. The minimum atomic E-state index is -3.08. The zero-order valence-corrected chi connectivity index (χ0v) is 9.74. The highest BCUT2D eigenvalue weighted by Gasteiger charge is 2.47. The molecule has 2 atom stereocenters. The van der Waals surface area contributed by atoms with Crippen LogP contribution in [-0.4, -0.2) is 26.5 Å². The van der Waals surface area contributed by atoms with E-state index in [4.69, 9.17) is 0 Å². The first kappa shape index (κ1) is 11.7. The summed E-state index contributed by atoms with van der Waals surface area (Å²) in [4.78, 5) is 15.5. The summed E-state index contributed by atoms with van der Waals surface area (Å²) >= 11 is 0. The molecule has 3 rings (SSSR count). The fourth-order valence-electron chi connectivity index (χ4n) is 2.23. The number of hydrogen-bond acceptors (Lipinski definition) is 3. The molecule has 1 aliphatic heterocycles. The van der Waals surface area contributed by atoms with Crippen molar-refractivity contribution >= 4 is 5.78 Å². The van der Waals surface area contributed by atoms with E-state index in [9.17, 15) is 18.0 Å². The lowest BCUT2D eigenvalue weighted by atomic mass is 10.1. The number of ketones is 1. The van der Waals surface area contributed by atoms with Gasteiger partial charge in [0.15, 0.2) is 12.0 Å². The highest BCUT2D eigenvalue weighted by molar-refractivity contribution is 5.95. The summed E-state index contributed by atoms with van der Waals surface area (Å²) < 4.78 is 41.2. The summed E-state index contributed by atoms with van der Waals surface area (Å²) in [5.74, 6) is -3.72. The predicted molar refractivity (Wildman–Crippen MR) is 55.2 cm³/mol. The van der Waals surface area contributed by atoms with Gasteiger partial charge in [0.1, 0.15) is 6.04 Å². The topological polar surface area (TPSA) is 47.8 Å². The van der Waals surface area contributed by atoms with Crippen LogP contribution in [0.15, 0.2) is 0 Å². The van der Waals surface area contributed by atoms with Gasteiger partial charge in [0.25, 0.3) is 5.92 Å². The van der Waals surface area contributed by atoms with E-state index in [0.717, 1.165) is 24.4 Å². The van der Waals surface area contributed by atoms with Crippen molar-refractivity contribution in [1.29, 1.82) is 0 Å². The molecule has 2 aliphatic rings. The second-order valence-corrected chi connectivity index (χ2v) is 5.05. The molecule has 7 heteroatoms. The van der Waals surface area contributed by atoms with Crippen LogP contribution in [0.4, 0.5) is 13.2 Å². The number of Topliss-reactive ketones (excluding diaryl/α,β-unsaturated/α-hetero) is 1. The van der Waals surface area contributed by atoms with Crippen molar-refractivity contribution in [3.63, 3.8) is 0 Å². The molecule has 0 N–H and O–H groups in total. The van der Waals surface area contributed by atoms with E-state index in [0.29, 0.717) is 0 Å². The maximum Gasteiger partial charge on any atom is 0.267 e. The summed E-state index contributed by atoms with van der Waals surface area (Å²) in [6.45, 7) is 0.726. The van der Waals surface area contributed by atoms with E-state index < -0.39 is 18.1 Å². The first-order chi connectivity index (χ1) is 8.38. The number of fused-ring (bicyclic) bond motifs is 1. The number of hydrogen-bond donors (Lipinski definition) is 0. The first-order valence-electron chi connectivity index (χ1n) is 5.90. The molecular formula is C11H12F3N3O. The summed E-state index contributed by atoms with van der Waals surface area (Å²) in [7, 11) is 0. The molecule has 0 bridgehead atoms. The monoisotopic (exact) mass is 259 g/mol. The lowest BCUT2D eigenvalue weighted by Gasteiger charge is -2.18. The molecule has 4 nitrogen and oxygen atoms in total. The fraction of sp³-hybridized carbons (Fsp3) is 0.727. The highest BCUT2D eigenvalue weighted by Crippen LogP contribution is 2.44. The second-order valence-electron chi connectivity index (χ2n) is 5.05. The van der Waals surface area contributed by atoms with Gasteiger partial charge in [-0.15, -0.1) is 5.10 Å². The van der Waals surface area contributed by atoms with Crippen LogP contribution in [0.25, 0.3) is 0 Å². The number of nitrogens with zero attached hydrogens (tertiary/aromatic N) is 3. The SMILES string of the molecule is CC(F)(F)[C@@H]1C[C@H](F)c2nc(C(=O)C3CC3)nn21. The molecule has 1 aliphatic carbocycles. The van der Waals surface area contributed by atoms with Crippen molar-refractivity contribution in [2.24, 2.45) is 5.92 Å². The zero-order valence-electron chi connectivity index (χ0n) is 9.74. The van der Waals surface area contributed by atoms with Gasteiger partial charge in [0, 0.05) is 19.3 Å². The number of carbonyl (C=O) groups is 1. The average Bonchev–Trinajstić information content (AvgIpc) is 2.94. The van der Waals surface area contributed by atoms with E-state index >= 15 is 0 Å². The van der Waals surface area contributed by atoms with Crippen LogP contribution in [0.3, 0.4) is 0 Å². The summed E-state index contributed by atoms with van der Waals surface area (Å²) in [6.07, 6.45) is -0.366. The van der Waals surface area contributed by atoms with Crippen LogP contribution in [0.5, 0.6) is 0 Å². The van der Waals surface area contributed by atoms with Crippen LogP contribution in [0.1, 0.15) is 54.8 Å². The molecule has 1 aromatic heterocycles. The highest BCUT2D eigenvalue weighted by atomic mass is 19.3. The largest absolute Gasteiger partial charge is 0.290 e. The minimum absolute atomic E-state index is 0.105. The Labute approximate surface area is 101 Å². The molecule has 0 spiro atoms. The van der Waals surface area contributed by atoms with Crippen molar-refractivity contribution in [3.05, 3.63) is 11.6 Å². The number of halogens is 3. The summed E-state index contributed by atoms with van der Waals surface area (Å²) in [5.41, 5.74) is 0. The third-order valence-electron chi connectivity index (χ3n) is 3.42. The van der Waals surface area contributed by atoms with Gasteiger partial charge >= 0.3 is 0 Å². The third kappa shape index (κ3) is 1.72. The smallest absolute Gasteiger partial charge is 0.267 e. The van der Waals surface area contributed by atoms with Gasteiger partial charge in [-0.1, -0.05) is 0 Å². The Morgan fingerprint density at radius 3 is 2.67 bits per heavy atom. The van der Waals surface area contributed by atoms with Crippen molar-refractivity contribution in [3.8, 4) is 0 Å². The molecular weight excluding hydrogens is 247 g/mol. The van der Waals surface area contributed by atoms with Crippen molar-refractivity contribution in [2.75, 3.05) is 0 Å². The van der Waals surface area contributed by atoms with Crippen molar-refractivity contribution in [2.45, 2.75) is 44.3 Å². The molecule has 0 amide bonds. The van der Waals surface area contributed by atoms with Crippen LogP contribution in [0, 0.1) is 5.92 Å². The van der Waals surface area contributed by atoms with E-state index in [1.54, 1.807) is 0 Å². The lowest BCUT2D eigenvalue weighted by Crippen LogP contribution is -2.26. The van der Waals surface area contributed by atoms with E-state index in [-0.39, 0.29) is 29.8 Å². The molecule has 98 valence electrons. The number of aromatic nitrogens is 3.